The fourth-order valence-electron chi connectivity index (χ4n) is 1.55. The highest BCUT2D eigenvalue weighted by molar-refractivity contribution is 5.97. The first kappa shape index (κ1) is 10.6. The molecule has 2 rings (SSSR count). The zero-order valence-electron chi connectivity index (χ0n) is 9.01. The van der Waals surface area contributed by atoms with E-state index in [1.807, 2.05) is 19.1 Å². The Morgan fingerprint density at radius 2 is 2.31 bits per heavy atom. The first-order valence-electron chi connectivity index (χ1n) is 5.21. The minimum absolute atomic E-state index is 0.233. The molecule has 5 nitrogen and oxygen atoms in total. The zero-order chi connectivity index (χ0) is 11.5. The van der Waals surface area contributed by atoms with Crippen LogP contribution in [0.1, 0.15) is 13.3 Å². The molecule has 0 aromatic heterocycles. The van der Waals surface area contributed by atoms with E-state index in [0.717, 1.165) is 0 Å². The van der Waals surface area contributed by atoms with Crippen LogP contribution in [-0.4, -0.2) is 29.6 Å². The van der Waals surface area contributed by atoms with E-state index in [4.69, 9.17) is 0 Å². The largest absolute Gasteiger partial charge is 0.329 e. The Hall–Kier alpha value is -1.91. The number of nitrogens with one attached hydrogen (secondary N) is 1. The number of hydrogen-bond acceptors (Lipinski definition) is 3. The van der Waals surface area contributed by atoms with Crippen molar-refractivity contribution < 1.29 is 9.59 Å². The average Bonchev–Trinajstić information content (AvgIpc) is 2.43. The van der Waals surface area contributed by atoms with Crippen LogP contribution in [-0.2, 0) is 4.79 Å². The summed E-state index contributed by atoms with van der Waals surface area (Å²) < 4.78 is 0. The molecule has 84 valence electrons. The molecule has 0 saturated carbocycles. The molecule has 0 spiro atoms. The van der Waals surface area contributed by atoms with Gasteiger partial charge in [0.25, 0.3) is 0 Å². The Labute approximate surface area is 93.5 Å². The summed E-state index contributed by atoms with van der Waals surface area (Å²) in [6.07, 6.45) is 7.73. The van der Waals surface area contributed by atoms with Gasteiger partial charge in [0.1, 0.15) is 5.82 Å². The molecule has 0 aromatic carbocycles. The number of imide groups is 1. The van der Waals surface area contributed by atoms with Crippen LogP contribution in [0.4, 0.5) is 4.79 Å². The summed E-state index contributed by atoms with van der Waals surface area (Å²) in [5.41, 5.74) is 0. The van der Waals surface area contributed by atoms with Gasteiger partial charge in [-0.1, -0.05) is 19.1 Å². The molecular formula is C11H13N3O2. The SMILES string of the molecule is C[C@@H]1C=CC=C(N2CCC(=O)NC2=O)N=C1. The third-order valence-electron chi connectivity index (χ3n) is 2.43. The lowest BCUT2D eigenvalue weighted by atomic mass is 10.2. The number of carbonyl (C=O) groups excluding carboxylic acids is 2. The molecule has 3 amide bonds. The monoisotopic (exact) mass is 219 g/mol. The van der Waals surface area contributed by atoms with E-state index in [1.165, 1.54) is 4.90 Å². The third kappa shape index (κ3) is 2.18. The van der Waals surface area contributed by atoms with Gasteiger partial charge in [-0.25, -0.2) is 9.79 Å². The van der Waals surface area contributed by atoms with Crippen molar-refractivity contribution in [3.8, 4) is 0 Å². The van der Waals surface area contributed by atoms with Gasteiger partial charge in [-0.15, -0.1) is 0 Å². The summed E-state index contributed by atoms with van der Waals surface area (Å²) in [5, 5.41) is 2.27. The van der Waals surface area contributed by atoms with Crippen LogP contribution < -0.4 is 5.32 Å². The molecule has 0 aromatic rings. The fourth-order valence-corrected chi connectivity index (χ4v) is 1.55. The second kappa shape index (κ2) is 4.30. The number of urea groups is 1. The number of hydrogen-bond donors (Lipinski definition) is 1. The summed E-state index contributed by atoms with van der Waals surface area (Å²) in [6.45, 7) is 2.40. The van der Waals surface area contributed by atoms with Gasteiger partial charge in [0.15, 0.2) is 0 Å². The van der Waals surface area contributed by atoms with Crippen LogP contribution in [0.15, 0.2) is 29.0 Å². The predicted molar refractivity (Wildman–Crippen MR) is 59.7 cm³/mol. The molecule has 1 atom stereocenters. The summed E-state index contributed by atoms with van der Waals surface area (Å²) in [4.78, 5) is 28.2. The highest BCUT2D eigenvalue weighted by atomic mass is 16.2. The summed E-state index contributed by atoms with van der Waals surface area (Å²) in [7, 11) is 0. The highest BCUT2D eigenvalue weighted by Crippen LogP contribution is 2.14. The lowest BCUT2D eigenvalue weighted by Crippen LogP contribution is -2.48. The van der Waals surface area contributed by atoms with Crippen molar-refractivity contribution in [1.82, 2.24) is 10.2 Å². The number of carbonyl (C=O) groups is 2. The maximum Gasteiger partial charge on any atom is 0.329 e. The van der Waals surface area contributed by atoms with Crippen molar-refractivity contribution in [1.29, 1.82) is 0 Å². The molecule has 0 bridgehead atoms. The Morgan fingerprint density at radius 3 is 3.06 bits per heavy atom. The first-order valence-corrected chi connectivity index (χ1v) is 5.21. The Bertz CT molecular complexity index is 409. The molecule has 0 aliphatic carbocycles. The van der Waals surface area contributed by atoms with Gasteiger partial charge in [-0.2, -0.15) is 0 Å². The van der Waals surface area contributed by atoms with E-state index in [1.54, 1.807) is 12.3 Å². The van der Waals surface area contributed by atoms with Crippen LogP contribution in [0.3, 0.4) is 0 Å². The zero-order valence-corrected chi connectivity index (χ0v) is 9.01. The van der Waals surface area contributed by atoms with Crippen molar-refractivity contribution in [2.24, 2.45) is 10.9 Å². The van der Waals surface area contributed by atoms with E-state index < -0.39 is 6.03 Å². The van der Waals surface area contributed by atoms with Gasteiger partial charge < -0.3 is 0 Å². The number of amides is 3. The second-order valence-corrected chi connectivity index (χ2v) is 3.80. The molecule has 5 heteroatoms. The maximum atomic E-state index is 11.6. The van der Waals surface area contributed by atoms with E-state index in [2.05, 4.69) is 10.3 Å². The molecule has 2 aliphatic heterocycles. The van der Waals surface area contributed by atoms with Crippen molar-refractivity contribution in [2.75, 3.05) is 6.54 Å². The summed E-state index contributed by atoms with van der Waals surface area (Å²) in [6, 6.07) is -0.400. The number of rotatable bonds is 1. The van der Waals surface area contributed by atoms with Gasteiger partial charge in [0, 0.05) is 25.1 Å². The minimum Gasteiger partial charge on any atom is -0.278 e. The predicted octanol–water partition coefficient (Wildman–Crippen LogP) is 1.05. The van der Waals surface area contributed by atoms with Crippen molar-refractivity contribution in [2.45, 2.75) is 13.3 Å². The van der Waals surface area contributed by atoms with Gasteiger partial charge >= 0.3 is 6.03 Å². The Kier molecular flexibility index (Phi) is 2.85. The minimum atomic E-state index is -0.400. The third-order valence-corrected chi connectivity index (χ3v) is 2.43. The normalized spacial score (nSPS) is 25.2. The fraction of sp³-hybridized carbons (Fsp3) is 0.364. The van der Waals surface area contributed by atoms with Gasteiger partial charge in [-0.05, 0) is 6.08 Å². The lowest BCUT2D eigenvalue weighted by Gasteiger charge is -2.26. The first-order chi connectivity index (χ1) is 7.66. The average molecular weight is 219 g/mol. The molecular weight excluding hydrogens is 206 g/mol. The van der Waals surface area contributed by atoms with E-state index in [9.17, 15) is 9.59 Å². The van der Waals surface area contributed by atoms with Gasteiger partial charge in [-0.3, -0.25) is 15.0 Å². The number of nitrogens with zero attached hydrogens (tertiary/aromatic N) is 2. The van der Waals surface area contributed by atoms with E-state index >= 15 is 0 Å². The van der Waals surface area contributed by atoms with Gasteiger partial charge in [0.05, 0.1) is 0 Å². The van der Waals surface area contributed by atoms with Crippen LogP contribution in [0, 0.1) is 5.92 Å². The highest BCUT2D eigenvalue weighted by Gasteiger charge is 2.25. The Morgan fingerprint density at radius 1 is 1.50 bits per heavy atom. The Balaban J connectivity index is 2.16. The maximum absolute atomic E-state index is 11.6. The number of allylic oxidation sites excluding steroid dienone is 3. The van der Waals surface area contributed by atoms with Crippen LogP contribution in [0.2, 0.25) is 0 Å². The summed E-state index contributed by atoms with van der Waals surface area (Å²) >= 11 is 0. The quantitative estimate of drug-likeness (QED) is 0.716. The molecule has 1 N–H and O–H groups in total. The van der Waals surface area contributed by atoms with Gasteiger partial charge in [0.2, 0.25) is 5.91 Å². The van der Waals surface area contributed by atoms with Crippen LogP contribution in [0.25, 0.3) is 0 Å². The van der Waals surface area contributed by atoms with Crippen LogP contribution >= 0.6 is 0 Å². The van der Waals surface area contributed by atoms with Crippen molar-refractivity contribution in [3.05, 3.63) is 24.0 Å². The molecule has 2 heterocycles. The second-order valence-electron chi connectivity index (χ2n) is 3.80. The smallest absolute Gasteiger partial charge is 0.278 e. The summed E-state index contributed by atoms with van der Waals surface area (Å²) in [5.74, 6) is 0.595. The van der Waals surface area contributed by atoms with Crippen molar-refractivity contribution in [3.63, 3.8) is 0 Å². The molecule has 2 aliphatic rings. The van der Waals surface area contributed by atoms with Crippen molar-refractivity contribution >= 4 is 18.2 Å². The molecule has 0 unspecified atom stereocenters. The lowest BCUT2D eigenvalue weighted by molar-refractivity contribution is -0.121. The molecule has 16 heavy (non-hydrogen) atoms. The molecule has 1 fully saturated rings. The van der Waals surface area contributed by atoms with Crippen LogP contribution in [0.5, 0.6) is 0 Å². The molecule has 0 radical (unpaired) electrons. The van der Waals surface area contributed by atoms with E-state index in [0.29, 0.717) is 18.8 Å². The van der Waals surface area contributed by atoms with E-state index in [-0.39, 0.29) is 11.8 Å². The molecule has 1 saturated heterocycles. The topological polar surface area (TPSA) is 61.8 Å². The number of aliphatic imine (C=N–C) groups is 1. The standard InChI is InChI=1S/C11H13N3O2/c1-8-3-2-4-9(12-7-8)14-6-5-10(15)13-11(14)16/h2-4,7-8H,5-6H2,1H3,(H,13,15,16)/t8-/m1/s1.